The Labute approximate surface area is 101 Å². The molecule has 17 heavy (non-hydrogen) atoms. The molecular weight excluding hydrogens is 214 g/mol. The van der Waals surface area contributed by atoms with E-state index in [2.05, 4.69) is 15.3 Å². The first kappa shape index (κ1) is 11.4. The van der Waals surface area contributed by atoms with Crippen LogP contribution in [0.3, 0.4) is 0 Å². The summed E-state index contributed by atoms with van der Waals surface area (Å²) in [5, 5.41) is 3.17. The van der Waals surface area contributed by atoms with Crippen LogP contribution in [0.5, 0.6) is 11.6 Å². The molecule has 0 fully saturated rings. The van der Waals surface area contributed by atoms with Crippen LogP contribution in [0.25, 0.3) is 0 Å². The molecule has 0 bridgehead atoms. The number of nitrogens with zero attached hydrogens (tertiary/aromatic N) is 2. The lowest BCUT2D eigenvalue weighted by Gasteiger charge is -2.10. The fraction of sp³-hybridized carbons (Fsp3) is 0.231. The lowest BCUT2D eigenvalue weighted by atomic mass is 10.3. The Morgan fingerprint density at radius 2 is 1.94 bits per heavy atom. The highest BCUT2D eigenvalue weighted by atomic mass is 16.5. The smallest absolute Gasteiger partial charge is 0.227 e. The maximum absolute atomic E-state index is 5.71. The standard InChI is InChI=1S/C13H15N3O/c1-3-14-12-10(2)13(16-9-15-12)17-11-7-5-4-6-8-11/h4-9H,3H2,1-2H3,(H,14,15,16). The van der Waals surface area contributed by atoms with Crippen LogP contribution in [0.15, 0.2) is 36.7 Å². The van der Waals surface area contributed by atoms with Crippen LogP contribution in [0.1, 0.15) is 12.5 Å². The van der Waals surface area contributed by atoms with Gasteiger partial charge in [0.25, 0.3) is 0 Å². The maximum atomic E-state index is 5.71. The van der Waals surface area contributed by atoms with Crippen molar-refractivity contribution in [2.45, 2.75) is 13.8 Å². The normalized spacial score (nSPS) is 10.0. The fourth-order valence-corrected chi connectivity index (χ4v) is 1.48. The number of para-hydroxylation sites is 1. The minimum atomic E-state index is 0.585. The Morgan fingerprint density at radius 1 is 1.18 bits per heavy atom. The van der Waals surface area contributed by atoms with E-state index in [-0.39, 0.29) is 0 Å². The first-order valence-corrected chi connectivity index (χ1v) is 5.59. The van der Waals surface area contributed by atoms with Gasteiger partial charge < -0.3 is 10.1 Å². The molecule has 88 valence electrons. The monoisotopic (exact) mass is 229 g/mol. The van der Waals surface area contributed by atoms with Gasteiger partial charge in [-0.3, -0.25) is 0 Å². The van der Waals surface area contributed by atoms with Crippen molar-refractivity contribution in [3.63, 3.8) is 0 Å². The van der Waals surface area contributed by atoms with E-state index in [4.69, 9.17) is 4.74 Å². The molecule has 4 nitrogen and oxygen atoms in total. The number of ether oxygens (including phenoxy) is 1. The molecule has 2 rings (SSSR count). The molecule has 0 amide bonds. The highest BCUT2D eigenvalue weighted by Crippen LogP contribution is 2.25. The third kappa shape index (κ3) is 2.72. The quantitative estimate of drug-likeness (QED) is 0.875. The van der Waals surface area contributed by atoms with E-state index in [1.165, 1.54) is 6.33 Å². The number of nitrogens with one attached hydrogen (secondary N) is 1. The lowest BCUT2D eigenvalue weighted by Crippen LogP contribution is -2.03. The van der Waals surface area contributed by atoms with E-state index in [9.17, 15) is 0 Å². The SMILES string of the molecule is CCNc1ncnc(Oc2ccccc2)c1C. The van der Waals surface area contributed by atoms with Gasteiger partial charge >= 0.3 is 0 Å². The molecule has 1 heterocycles. The van der Waals surface area contributed by atoms with Crippen molar-refractivity contribution in [3.05, 3.63) is 42.2 Å². The molecule has 0 aliphatic heterocycles. The Kier molecular flexibility index (Phi) is 3.55. The number of hydrogen-bond donors (Lipinski definition) is 1. The summed E-state index contributed by atoms with van der Waals surface area (Å²) in [6.07, 6.45) is 1.50. The topological polar surface area (TPSA) is 47.0 Å². The summed E-state index contributed by atoms with van der Waals surface area (Å²) in [4.78, 5) is 8.31. The molecule has 0 unspecified atom stereocenters. The van der Waals surface area contributed by atoms with Gasteiger partial charge in [-0.15, -0.1) is 0 Å². The lowest BCUT2D eigenvalue weighted by molar-refractivity contribution is 0.458. The molecule has 0 aliphatic rings. The molecule has 0 saturated heterocycles. The average molecular weight is 229 g/mol. The fourth-order valence-electron chi connectivity index (χ4n) is 1.48. The molecule has 1 aromatic heterocycles. The van der Waals surface area contributed by atoms with Crippen LogP contribution in [0.4, 0.5) is 5.82 Å². The average Bonchev–Trinajstić information content (AvgIpc) is 2.36. The highest BCUT2D eigenvalue weighted by molar-refractivity contribution is 5.48. The van der Waals surface area contributed by atoms with Crippen molar-refractivity contribution >= 4 is 5.82 Å². The van der Waals surface area contributed by atoms with Crippen LogP contribution < -0.4 is 10.1 Å². The summed E-state index contributed by atoms with van der Waals surface area (Å²) in [5.74, 6) is 2.17. The molecule has 1 N–H and O–H groups in total. The zero-order chi connectivity index (χ0) is 12.1. The van der Waals surface area contributed by atoms with E-state index in [1.807, 2.05) is 44.2 Å². The molecular formula is C13H15N3O. The van der Waals surface area contributed by atoms with Gasteiger partial charge in [-0.25, -0.2) is 9.97 Å². The summed E-state index contributed by atoms with van der Waals surface area (Å²) >= 11 is 0. The summed E-state index contributed by atoms with van der Waals surface area (Å²) in [5.41, 5.74) is 0.915. The zero-order valence-corrected chi connectivity index (χ0v) is 9.97. The van der Waals surface area contributed by atoms with E-state index < -0.39 is 0 Å². The van der Waals surface area contributed by atoms with Gasteiger partial charge in [-0.1, -0.05) is 18.2 Å². The predicted molar refractivity (Wildman–Crippen MR) is 67.4 cm³/mol. The number of hydrogen-bond acceptors (Lipinski definition) is 4. The minimum Gasteiger partial charge on any atom is -0.439 e. The second-order valence-corrected chi connectivity index (χ2v) is 3.60. The Morgan fingerprint density at radius 3 is 2.65 bits per heavy atom. The third-order valence-corrected chi connectivity index (χ3v) is 2.34. The highest BCUT2D eigenvalue weighted by Gasteiger charge is 2.07. The number of aromatic nitrogens is 2. The van der Waals surface area contributed by atoms with Crippen LogP contribution in [-0.4, -0.2) is 16.5 Å². The van der Waals surface area contributed by atoms with E-state index >= 15 is 0 Å². The van der Waals surface area contributed by atoms with Gasteiger partial charge in [0.15, 0.2) is 0 Å². The van der Waals surface area contributed by atoms with Gasteiger partial charge in [0.05, 0.1) is 5.56 Å². The van der Waals surface area contributed by atoms with Crippen molar-refractivity contribution in [2.24, 2.45) is 0 Å². The Bertz CT molecular complexity index is 485. The van der Waals surface area contributed by atoms with E-state index in [0.29, 0.717) is 5.88 Å². The second kappa shape index (κ2) is 5.30. The number of benzene rings is 1. The van der Waals surface area contributed by atoms with Crippen molar-refractivity contribution < 1.29 is 4.74 Å². The Hall–Kier alpha value is -2.10. The summed E-state index contributed by atoms with van der Waals surface area (Å²) in [7, 11) is 0. The van der Waals surface area contributed by atoms with Crippen LogP contribution in [-0.2, 0) is 0 Å². The summed E-state index contributed by atoms with van der Waals surface area (Å²) in [6.45, 7) is 4.79. The Balaban J connectivity index is 2.24. The summed E-state index contributed by atoms with van der Waals surface area (Å²) < 4.78 is 5.71. The largest absolute Gasteiger partial charge is 0.439 e. The van der Waals surface area contributed by atoms with Crippen LogP contribution in [0, 0.1) is 6.92 Å². The zero-order valence-electron chi connectivity index (χ0n) is 9.97. The molecule has 0 spiro atoms. The number of anilines is 1. The van der Waals surface area contributed by atoms with Gasteiger partial charge in [-0.2, -0.15) is 0 Å². The molecule has 1 aromatic carbocycles. The maximum Gasteiger partial charge on any atom is 0.227 e. The molecule has 4 heteroatoms. The van der Waals surface area contributed by atoms with Crippen molar-refractivity contribution in [2.75, 3.05) is 11.9 Å². The van der Waals surface area contributed by atoms with Gasteiger partial charge in [-0.05, 0) is 26.0 Å². The van der Waals surface area contributed by atoms with Crippen LogP contribution >= 0.6 is 0 Å². The second-order valence-electron chi connectivity index (χ2n) is 3.60. The van der Waals surface area contributed by atoms with Crippen molar-refractivity contribution in [3.8, 4) is 11.6 Å². The summed E-state index contributed by atoms with van der Waals surface area (Å²) in [6, 6.07) is 9.60. The number of rotatable bonds is 4. The van der Waals surface area contributed by atoms with Crippen molar-refractivity contribution in [1.82, 2.24) is 9.97 Å². The van der Waals surface area contributed by atoms with Gasteiger partial charge in [0, 0.05) is 6.54 Å². The van der Waals surface area contributed by atoms with Crippen molar-refractivity contribution in [1.29, 1.82) is 0 Å². The molecule has 0 aliphatic carbocycles. The van der Waals surface area contributed by atoms with Crippen LogP contribution in [0.2, 0.25) is 0 Å². The predicted octanol–water partition coefficient (Wildman–Crippen LogP) is 3.01. The molecule has 2 aromatic rings. The first-order valence-electron chi connectivity index (χ1n) is 5.59. The first-order chi connectivity index (χ1) is 8.31. The van der Waals surface area contributed by atoms with Gasteiger partial charge in [0.2, 0.25) is 5.88 Å². The minimum absolute atomic E-state index is 0.585. The molecule has 0 saturated carbocycles. The van der Waals surface area contributed by atoms with Gasteiger partial charge in [0.1, 0.15) is 17.9 Å². The molecule has 0 radical (unpaired) electrons. The van der Waals surface area contributed by atoms with E-state index in [0.717, 1.165) is 23.7 Å². The third-order valence-electron chi connectivity index (χ3n) is 2.34. The molecule has 0 atom stereocenters. The van der Waals surface area contributed by atoms with E-state index in [1.54, 1.807) is 0 Å².